The fourth-order valence-corrected chi connectivity index (χ4v) is 2.30. The molecular weight excluding hydrogens is 298 g/mol. The average molecular weight is 318 g/mol. The van der Waals surface area contributed by atoms with E-state index >= 15 is 0 Å². The van der Waals surface area contributed by atoms with Crippen molar-refractivity contribution >= 4 is 17.7 Å². The van der Waals surface area contributed by atoms with Gasteiger partial charge in [0.05, 0.1) is 12.3 Å². The van der Waals surface area contributed by atoms with Crippen molar-refractivity contribution < 1.29 is 18.0 Å². The van der Waals surface area contributed by atoms with Crippen LogP contribution >= 0.6 is 11.8 Å². The van der Waals surface area contributed by atoms with Crippen molar-refractivity contribution in [1.29, 1.82) is 0 Å². The zero-order chi connectivity index (χ0) is 15.1. The van der Waals surface area contributed by atoms with Crippen LogP contribution in [0.15, 0.2) is 16.5 Å². The van der Waals surface area contributed by atoms with Gasteiger partial charge in [0.15, 0.2) is 0 Å². The number of nitrogens with one attached hydrogen (secondary N) is 2. The maximum Gasteiger partial charge on any atom is 0.284 e. The Bertz CT molecular complexity index is 450. The van der Waals surface area contributed by atoms with Crippen LogP contribution in [-0.4, -0.2) is 24.3 Å². The predicted octanol–water partition coefficient (Wildman–Crippen LogP) is 2.88. The Balaban J connectivity index is 1.52. The summed E-state index contributed by atoms with van der Waals surface area (Å²) in [6.07, 6.45) is 3.51. The zero-order valence-electron chi connectivity index (χ0n) is 11.7. The summed E-state index contributed by atoms with van der Waals surface area (Å²) in [7, 11) is 0. The molecule has 2 N–H and O–H groups in total. The first kappa shape index (κ1) is 16.3. The third-order valence-electron chi connectivity index (χ3n) is 3.07. The normalized spacial score (nSPS) is 14.6. The van der Waals surface area contributed by atoms with Crippen molar-refractivity contribution in [2.75, 3.05) is 6.54 Å². The minimum absolute atomic E-state index is 0.114. The molecule has 0 atom stereocenters. The van der Waals surface area contributed by atoms with E-state index in [2.05, 4.69) is 10.6 Å². The van der Waals surface area contributed by atoms with Gasteiger partial charge in [0, 0.05) is 12.5 Å². The Morgan fingerprint density at radius 2 is 2.14 bits per heavy atom. The van der Waals surface area contributed by atoms with Crippen molar-refractivity contribution in [3.05, 3.63) is 23.7 Å². The molecule has 21 heavy (non-hydrogen) atoms. The van der Waals surface area contributed by atoms with Gasteiger partial charge < -0.3 is 15.1 Å². The Morgan fingerprint density at radius 3 is 2.86 bits per heavy atom. The number of rotatable bonds is 10. The summed E-state index contributed by atoms with van der Waals surface area (Å²) in [6, 6.07) is 3.92. The van der Waals surface area contributed by atoms with E-state index < -0.39 is 5.76 Å². The van der Waals surface area contributed by atoms with Gasteiger partial charge in [-0.3, -0.25) is 4.79 Å². The maximum atomic E-state index is 12.0. The third-order valence-corrected chi connectivity index (χ3v) is 3.77. The molecule has 0 spiro atoms. The number of halogens is 2. The molecule has 1 saturated carbocycles. The summed E-state index contributed by atoms with van der Waals surface area (Å²) in [5.41, 5.74) is 0. The quantitative estimate of drug-likeness (QED) is 0.651. The van der Waals surface area contributed by atoms with Gasteiger partial charge >= 0.3 is 0 Å². The monoisotopic (exact) mass is 318 g/mol. The van der Waals surface area contributed by atoms with Gasteiger partial charge in [-0.15, -0.1) is 0 Å². The summed E-state index contributed by atoms with van der Waals surface area (Å²) >= 11 is 0.551. The van der Waals surface area contributed by atoms with E-state index in [-0.39, 0.29) is 11.7 Å². The van der Waals surface area contributed by atoms with Crippen LogP contribution < -0.4 is 10.6 Å². The molecule has 1 fully saturated rings. The molecule has 1 heterocycles. The zero-order valence-corrected chi connectivity index (χ0v) is 12.6. The topological polar surface area (TPSA) is 54.3 Å². The predicted molar refractivity (Wildman–Crippen MR) is 78.1 cm³/mol. The first-order valence-electron chi connectivity index (χ1n) is 7.11. The lowest BCUT2D eigenvalue weighted by Gasteiger charge is -2.04. The average Bonchev–Trinajstić information content (AvgIpc) is 3.13. The lowest BCUT2D eigenvalue weighted by atomic mass is 10.3. The van der Waals surface area contributed by atoms with Crippen LogP contribution in [0.25, 0.3) is 0 Å². The van der Waals surface area contributed by atoms with Crippen LogP contribution in [0, 0.1) is 0 Å². The molecule has 0 unspecified atom stereocenters. The van der Waals surface area contributed by atoms with E-state index in [0.29, 0.717) is 36.5 Å². The van der Waals surface area contributed by atoms with Crippen LogP contribution in [0.5, 0.6) is 0 Å². The number of hydrogen-bond acceptors (Lipinski definition) is 4. The highest BCUT2D eigenvalue weighted by Crippen LogP contribution is 2.21. The second-order valence-corrected chi connectivity index (χ2v) is 6.04. The summed E-state index contributed by atoms with van der Waals surface area (Å²) in [6.45, 7) is 1.27. The van der Waals surface area contributed by atoms with Gasteiger partial charge in [-0.25, -0.2) is 0 Å². The second kappa shape index (κ2) is 8.38. The van der Waals surface area contributed by atoms with Gasteiger partial charge in [0.1, 0.15) is 11.5 Å². The molecule has 4 nitrogen and oxygen atoms in total. The molecule has 118 valence electrons. The maximum absolute atomic E-state index is 12.0. The van der Waals surface area contributed by atoms with E-state index in [1.165, 1.54) is 0 Å². The lowest BCUT2D eigenvalue weighted by molar-refractivity contribution is -0.121. The van der Waals surface area contributed by atoms with Gasteiger partial charge in [-0.05, 0) is 37.9 Å². The van der Waals surface area contributed by atoms with Gasteiger partial charge in [-0.2, -0.15) is 8.78 Å². The Hall–Kier alpha value is -1.08. The first-order chi connectivity index (χ1) is 10.1. The van der Waals surface area contributed by atoms with Crippen LogP contribution in [0.4, 0.5) is 8.78 Å². The van der Waals surface area contributed by atoms with E-state index in [9.17, 15) is 13.6 Å². The van der Waals surface area contributed by atoms with Crippen molar-refractivity contribution in [3.63, 3.8) is 0 Å². The molecule has 1 aromatic heterocycles. The second-order valence-electron chi connectivity index (χ2n) is 5.06. The molecule has 1 aliphatic rings. The van der Waals surface area contributed by atoms with Crippen LogP contribution in [0.3, 0.4) is 0 Å². The molecule has 1 amide bonds. The molecule has 0 radical (unpaired) electrons. The summed E-state index contributed by atoms with van der Waals surface area (Å²) < 4.78 is 29.5. The van der Waals surface area contributed by atoms with Gasteiger partial charge in [-0.1, -0.05) is 11.8 Å². The van der Waals surface area contributed by atoms with Gasteiger partial charge in [0.25, 0.3) is 5.76 Å². The highest BCUT2D eigenvalue weighted by molar-refractivity contribution is 7.98. The summed E-state index contributed by atoms with van der Waals surface area (Å²) in [5.74, 6) is -0.802. The number of hydrogen-bond donors (Lipinski definition) is 2. The Labute approximate surface area is 127 Å². The molecule has 1 aliphatic carbocycles. The minimum atomic E-state index is -2.38. The van der Waals surface area contributed by atoms with E-state index in [1.54, 1.807) is 12.1 Å². The third kappa shape index (κ3) is 6.95. The van der Waals surface area contributed by atoms with Crippen molar-refractivity contribution in [1.82, 2.24) is 10.6 Å². The number of thioether (sulfide) groups is 1. The molecular formula is C14H20F2N2O2S. The van der Waals surface area contributed by atoms with Crippen molar-refractivity contribution in [2.24, 2.45) is 0 Å². The number of carbonyl (C=O) groups excluding carboxylic acids is 1. The lowest BCUT2D eigenvalue weighted by Crippen LogP contribution is -2.26. The van der Waals surface area contributed by atoms with E-state index in [0.717, 1.165) is 31.6 Å². The molecule has 7 heteroatoms. The first-order valence-corrected chi connectivity index (χ1v) is 8.16. The smallest absolute Gasteiger partial charge is 0.284 e. The number of alkyl halides is 2. The van der Waals surface area contributed by atoms with Crippen molar-refractivity contribution in [2.45, 2.75) is 49.8 Å². The van der Waals surface area contributed by atoms with Crippen LogP contribution in [-0.2, 0) is 17.1 Å². The Kier molecular flexibility index (Phi) is 6.50. The molecule has 0 saturated heterocycles. The fourth-order valence-electron chi connectivity index (χ4n) is 1.85. The van der Waals surface area contributed by atoms with Gasteiger partial charge in [0.2, 0.25) is 5.91 Å². The highest BCUT2D eigenvalue weighted by atomic mass is 32.2. The number of amides is 1. The summed E-state index contributed by atoms with van der Waals surface area (Å²) in [5, 5.41) is 6.12. The van der Waals surface area contributed by atoms with Crippen molar-refractivity contribution in [3.8, 4) is 0 Å². The molecule has 0 bridgehead atoms. The molecule has 0 aliphatic heterocycles. The number of carbonyl (C=O) groups is 1. The van der Waals surface area contributed by atoms with Crippen LogP contribution in [0.1, 0.15) is 37.2 Å². The van der Waals surface area contributed by atoms with E-state index in [4.69, 9.17) is 4.42 Å². The fraction of sp³-hybridized carbons (Fsp3) is 0.643. The summed E-state index contributed by atoms with van der Waals surface area (Å²) in [4.78, 5) is 11.4. The largest absolute Gasteiger partial charge is 0.464 e. The molecule has 2 rings (SSSR count). The SMILES string of the molecule is O=C(CCCNCc1ccc(CSC(F)F)o1)NC1CC1. The minimum Gasteiger partial charge on any atom is -0.464 e. The molecule has 0 aromatic carbocycles. The van der Waals surface area contributed by atoms with Crippen LogP contribution in [0.2, 0.25) is 0 Å². The number of furan rings is 1. The van der Waals surface area contributed by atoms with E-state index in [1.807, 2.05) is 0 Å². The highest BCUT2D eigenvalue weighted by Gasteiger charge is 2.22. The molecule has 1 aromatic rings. The standard InChI is InChI=1S/C14H20F2N2O2S/c15-14(16)21-9-12-6-5-11(20-12)8-17-7-1-2-13(19)18-10-3-4-10/h5-6,10,14,17H,1-4,7-9H2,(H,18,19). The Morgan fingerprint density at radius 1 is 1.38 bits per heavy atom.